The zero-order valence-electron chi connectivity index (χ0n) is 11.0. The first-order valence-corrected chi connectivity index (χ1v) is 5.92. The van der Waals surface area contributed by atoms with Crippen LogP contribution in [0.15, 0.2) is 16.7 Å². The first-order chi connectivity index (χ1) is 9.12. The van der Waals surface area contributed by atoms with Gasteiger partial charge in [-0.25, -0.2) is 4.98 Å². The molecule has 0 aliphatic carbocycles. The summed E-state index contributed by atoms with van der Waals surface area (Å²) < 4.78 is 4.85. The molecule has 0 aliphatic rings. The summed E-state index contributed by atoms with van der Waals surface area (Å²) in [7, 11) is 1.75. The van der Waals surface area contributed by atoms with Gasteiger partial charge in [-0.2, -0.15) is 4.98 Å². The highest BCUT2D eigenvalue weighted by Crippen LogP contribution is 2.13. The van der Waals surface area contributed by atoms with Gasteiger partial charge in [0.15, 0.2) is 5.82 Å². The van der Waals surface area contributed by atoms with Gasteiger partial charge in [0.2, 0.25) is 0 Å². The average molecular weight is 261 g/mol. The van der Waals surface area contributed by atoms with Gasteiger partial charge in [0, 0.05) is 18.3 Å². The first kappa shape index (κ1) is 13.0. The van der Waals surface area contributed by atoms with E-state index < -0.39 is 0 Å². The van der Waals surface area contributed by atoms with Crippen LogP contribution >= 0.6 is 0 Å². The summed E-state index contributed by atoms with van der Waals surface area (Å²) in [6, 6.07) is 3.49. The van der Waals surface area contributed by atoms with Crippen LogP contribution in [0.2, 0.25) is 0 Å². The lowest BCUT2D eigenvalue weighted by atomic mass is 10.2. The van der Waals surface area contributed by atoms with Crippen molar-refractivity contribution >= 4 is 17.7 Å². The van der Waals surface area contributed by atoms with Crippen LogP contribution in [0.25, 0.3) is 0 Å². The molecule has 0 saturated carbocycles. The third-order valence-corrected chi connectivity index (χ3v) is 2.51. The van der Waals surface area contributed by atoms with Gasteiger partial charge in [-0.3, -0.25) is 10.1 Å². The molecule has 0 aromatic carbocycles. The molecule has 2 aromatic rings. The fourth-order valence-electron chi connectivity index (χ4n) is 1.55. The molecule has 2 N–H and O–H groups in total. The van der Waals surface area contributed by atoms with Crippen LogP contribution in [0.1, 0.15) is 28.8 Å². The molecule has 100 valence electrons. The minimum absolute atomic E-state index is 0.0865. The van der Waals surface area contributed by atoms with Gasteiger partial charge < -0.3 is 9.84 Å². The van der Waals surface area contributed by atoms with E-state index in [1.165, 1.54) is 0 Å². The normalized spacial score (nSPS) is 10.3. The molecule has 0 spiro atoms. The Morgan fingerprint density at radius 3 is 2.74 bits per heavy atom. The summed E-state index contributed by atoms with van der Waals surface area (Å²) in [4.78, 5) is 20.3. The molecule has 0 radical (unpaired) electrons. The number of aromatic nitrogens is 3. The predicted molar refractivity (Wildman–Crippen MR) is 70.1 cm³/mol. The van der Waals surface area contributed by atoms with Crippen molar-refractivity contribution in [2.75, 3.05) is 17.7 Å². The van der Waals surface area contributed by atoms with Crippen molar-refractivity contribution in [2.24, 2.45) is 0 Å². The van der Waals surface area contributed by atoms with Gasteiger partial charge in [-0.1, -0.05) is 12.1 Å². The van der Waals surface area contributed by atoms with Gasteiger partial charge >= 0.3 is 6.01 Å². The molecule has 1 amide bonds. The van der Waals surface area contributed by atoms with Gasteiger partial charge in [0.1, 0.15) is 5.82 Å². The van der Waals surface area contributed by atoms with E-state index in [0.29, 0.717) is 17.2 Å². The minimum Gasteiger partial charge on any atom is -0.373 e. The Morgan fingerprint density at radius 1 is 1.37 bits per heavy atom. The average Bonchev–Trinajstić information content (AvgIpc) is 2.83. The van der Waals surface area contributed by atoms with Crippen LogP contribution < -0.4 is 10.6 Å². The van der Waals surface area contributed by atoms with Gasteiger partial charge in [-0.05, 0) is 25.5 Å². The van der Waals surface area contributed by atoms with Crippen LogP contribution in [-0.4, -0.2) is 28.1 Å². The number of nitrogens with zero attached hydrogens (tertiary/aromatic N) is 3. The van der Waals surface area contributed by atoms with Crippen molar-refractivity contribution < 1.29 is 9.32 Å². The fraction of sp³-hybridized carbons (Fsp3) is 0.333. The van der Waals surface area contributed by atoms with Gasteiger partial charge in [0.25, 0.3) is 5.91 Å². The second-order valence-electron chi connectivity index (χ2n) is 3.94. The maximum atomic E-state index is 12.1. The second-order valence-corrected chi connectivity index (χ2v) is 3.94. The summed E-state index contributed by atoms with van der Waals surface area (Å²) in [5.41, 5.74) is 1.32. The lowest BCUT2D eigenvalue weighted by molar-refractivity contribution is 0.102. The SMILES string of the molecule is CCc1cc(C(=O)Nc2nc(C)no2)cc(NC)n1. The Bertz CT molecular complexity index is 571. The molecule has 0 aliphatic heterocycles. The smallest absolute Gasteiger partial charge is 0.328 e. The molecular formula is C12H15N5O2. The lowest BCUT2D eigenvalue weighted by Crippen LogP contribution is -2.13. The second kappa shape index (κ2) is 5.47. The molecule has 2 heterocycles. The van der Waals surface area contributed by atoms with Gasteiger partial charge in [0.05, 0.1) is 0 Å². The maximum absolute atomic E-state index is 12.1. The zero-order chi connectivity index (χ0) is 13.8. The molecule has 2 aromatic heterocycles. The van der Waals surface area contributed by atoms with E-state index in [1.54, 1.807) is 26.1 Å². The van der Waals surface area contributed by atoms with Crippen molar-refractivity contribution in [2.45, 2.75) is 20.3 Å². The minimum atomic E-state index is -0.308. The quantitative estimate of drug-likeness (QED) is 0.868. The van der Waals surface area contributed by atoms with E-state index in [1.807, 2.05) is 6.92 Å². The van der Waals surface area contributed by atoms with Crippen LogP contribution in [-0.2, 0) is 6.42 Å². The standard InChI is InChI=1S/C12H15N5O2/c1-4-9-5-8(6-10(13-3)15-9)11(18)16-12-14-7(2)17-19-12/h5-6H,4H2,1-3H3,(H,13,15)(H,14,16,17,18). The zero-order valence-corrected chi connectivity index (χ0v) is 11.0. The number of amides is 1. The molecular weight excluding hydrogens is 246 g/mol. The van der Waals surface area contributed by atoms with E-state index in [2.05, 4.69) is 25.8 Å². The molecule has 0 unspecified atom stereocenters. The van der Waals surface area contributed by atoms with E-state index in [0.717, 1.165) is 12.1 Å². The third kappa shape index (κ3) is 3.06. The number of anilines is 2. The number of pyridine rings is 1. The van der Waals surface area contributed by atoms with E-state index in [9.17, 15) is 4.79 Å². The number of hydrogen-bond acceptors (Lipinski definition) is 6. The van der Waals surface area contributed by atoms with E-state index in [-0.39, 0.29) is 11.9 Å². The molecule has 0 saturated heterocycles. The molecule has 0 atom stereocenters. The number of carbonyl (C=O) groups is 1. The Morgan fingerprint density at radius 2 is 2.16 bits per heavy atom. The molecule has 0 bridgehead atoms. The summed E-state index contributed by atoms with van der Waals surface area (Å²) in [5, 5.41) is 9.07. The molecule has 0 fully saturated rings. The van der Waals surface area contributed by atoms with E-state index >= 15 is 0 Å². The number of carbonyl (C=O) groups excluding carboxylic acids is 1. The predicted octanol–water partition coefficient (Wildman–Crippen LogP) is 1.63. The maximum Gasteiger partial charge on any atom is 0.328 e. The Hall–Kier alpha value is -2.44. The number of aryl methyl sites for hydroxylation is 2. The van der Waals surface area contributed by atoms with Crippen LogP contribution in [0.5, 0.6) is 0 Å². The number of hydrogen-bond donors (Lipinski definition) is 2. The van der Waals surface area contributed by atoms with Crippen molar-refractivity contribution in [3.8, 4) is 0 Å². The number of rotatable bonds is 4. The summed E-state index contributed by atoms with van der Waals surface area (Å²) in [6.07, 6.45) is 0.746. The number of nitrogens with one attached hydrogen (secondary N) is 2. The highest BCUT2D eigenvalue weighted by atomic mass is 16.5. The molecule has 7 heteroatoms. The Balaban J connectivity index is 2.22. The van der Waals surface area contributed by atoms with Gasteiger partial charge in [-0.15, -0.1) is 0 Å². The first-order valence-electron chi connectivity index (χ1n) is 5.92. The Labute approximate surface area is 110 Å². The van der Waals surface area contributed by atoms with Crippen LogP contribution in [0.4, 0.5) is 11.8 Å². The Kier molecular flexibility index (Phi) is 3.74. The topological polar surface area (TPSA) is 92.9 Å². The highest BCUT2D eigenvalue weighted by molar-refractivity contribution is 6.03. The lowest BCUT2D eigenvalue weighted by Gasteiger charge is -2.06. The van der Waals surface area contributed by atoms with Crippen LogP contribution in [0, 0.1) is 6.92 Å². The molecule has 7 nitrogen and oxygen atoms in total. The third-order valence-electron chi connectivity index (χ3n) is 2.51. The van der Waals surface area contributed by atoms with Crippen LogP contribution in [0.3, 0.4) is 0 Å². The van der Waals surface area contributed by atoms with Crippen molar-refractivity contribution in [3.05, 3.63) is 29.2 Å². The monoisotopic (exact) mass is 261 g/mol. The fourth-order valence-corrected chi connectivity index (χ4v) is 1.55. The van der Waals surface area contributed by atoms with Crippen molar-refractivity contribution in [1.82, 2.24) is 15.1 Å². The summed E-state index contributed by atoms with van der Waals surface area (Å²) >= 11 is 0. The highest BCUT2D eigenvalue weighted by Gasteiger charge is 2.12. The van der Waals surface area contributed by atoms with E-state index in [4.69, 9.17) is 4.52 Å². The molecule has 19 heavy (non-hydrogen) atoms. The largest absolute Gasteiger partial charge is 0.373 e. The summed E-state index contributed by atoms with van der Waals surface area (Å²) in [5.74, 6) is 0.804. The molecule has 2 rings (SSSR count). The van der Waals surface area contributed by atoms with Crippen molar-refractivity contribution in [3.63, 3.8) is 0 Å². The van der Waals surface area contributed by atoms with Crippen molar-refractivity contribution in [1.29, 1.82) is 0 Å². The summed E-state index contributed by atoms with van der Waals surface area (Å²) in [6.45, 7) is 3.66.